The number of likely N-dealkylation sites (tertiary alicyclic amines) is 1. The second kappa shape index (κ2) is 8.60. The molecule has 1 aliphatic heterocycles. The highest BCUT2D eigenvalue weighted by atomic mass is 127. The number of benzene rings is 1. The van der Waals surface area contributed by atoms with Crippen LogP contribution in [0, 0.1) is 5.41 Å². The molecule has 0 atom stereocenters. The number of rotatable bonds is 4. The zero-order valence-corrected chi connectivity index (χ0v) is 16.4. The Labute approximate surface area is 151 Å². The van der Waals surface area contributed by atoms with E-state index >= 15 is 0 Å². The SMILES string of the molecule is CN=C(NCCc1ccccc1OC)N1CCC(C)(C)C1.I. The highest BCUT2D eigenvalue weighted by Crippen LogP contribution is 2.28. The number of nitrogens with zero attached hydrogens (tertiary/aromatic N) is 2. The number of ether oxygens (including phenoxy) is 1. The lowest BCUT2D eigenvalue weighted by Crippen LogP contribution is -2.41. The Morgan fingerprint density at radius 3 is 2.68 bits per heavy atom. The molecule has 1 saturated heterocycles. The van der Waals surface area contributed by atoms with E-state index in [1.807, 2.05) is 19.2 Å². The minimum atomic E-state index is 0. The van der Waals surface area contributed by atoms with Crippen LogP contribution in [-0.4, -0.2) is 44.7 Å². The molecule has 22 heavy (non-hydrogen) atoms. The van der Waals surface area contributed by atoms with Crippen LogP contribution in [0.1, 0.15) is 25.8 Å². The first-order valence-electron chi connectivity index (χ1n) is 7.63. The van der Waals surface area contributed by atoms with Crippen LogP contribution in [0.4, 0.5) is 0 Å². The van der Waals surface area contributed by atoms with Crippen molar-refractivity contribution in [3.05, 3.63) is 29.8 Å². The molecule has 1 aromatic carbocycles. The molecular formula is C17H28IN3O. The molecule has 0 saturated carbocycles. The van der Waals surface area contributed by atoms with Gasteiger partial charge in [-0.3, -0.25) is 4.99 Å². The van der Waals surface area contributed by atoms with Gasteiger partial charge in [-0.25, -0.2) is 0 Å². The summed E-state index contributed by atoms with van der Waals surface area (Å²) < 4.78 is 5.39. The first-order valence-corrected chi connectivity index (χ1v) is 7.63. The van der Waals surface area contributed by atoms with Gasteiger partial charge in [-0.05, 0) is 29.9 Å². The zero-order chi connectivity index (χ0) is 15.3. The summed E-state index contributed by atoms with van der Waals surface area (Å²) in [4.78, 5) is 6.76. The molecular weight excluding hydrogens is 389 g/mol. The van der Waals surface area contributed by atoms with Crippen LogP contribution in [0.25, 0.3) is 0 Å². The molecule has 0 amide bonds. The quantitative estimate of drug-likeness (QED) is 0.465. The molecule has 0 aromatic heterocycles. The van der Waals surface area contributed by atoms with Gasteiger partial charge in [-0.15, -0.1) is 24.0 Å². The van der Waals surface area contributed by atoms with Gasteiger partial charge < -0.3 is 15.0 Å². The maximum atomic E-state index is 5.39. The molecule has 0 aliphatic carbocycles. The van der Waals surface area contributed by atoms with Gasteiger partial charge in [0, 0.05) is 26.7 Å². The third kappa shape index (κ3) is 5.04. The minimum absolute atomic E-state index is 0. The lowest BCUT2D eigenvalue weighted by molar-refractivity contribution is 0.370. The van der Waals surface area contributed by atoms with Crippen LogP contribution in [0.3, 0.4) is 0 Å². The van der Waals surface area contributed by atoms with E-state index in [0.717, 1.165) is 37.8 Å². The number of para-hydroxylation sites is 1. The molecule has 0 radical (unpaired) electrons. The van der Waals surface area contributed by atoms with Crippen molar-refractivity contribution < 1.29 is 4.74 Å². The largest absolute Gasteiger partial charge is 0.496 e. The van der Waals surface area contributed by atoms with Gasteiger partial charge in [0.1, 0.15) is 5.75 Å². The van der Waals surface area contributed by atoms with Gasteiger partial charge in [0.15, 0.2) is 5.96 Å². The van der Waals surface area contributed by atoms with Crippen LogP contribution in [-0.2, 0) is 6.42 Å². The number of hydrogen-bond donors (Lipinski definition) is 1. The van der Waals surface area contributed by atoms with E-state index in [1.54, 1.807) is 7.11 Å². The lowest BCUT2D eigenvalue weighted by atomic mass is 9.93. The summed E-state index contributed by atoms with van der Waals surface area (Å²) in [6, 6.07) is 8.17. The molecule has 1 aliphatic rings. The second-order valence-corrected chi connectivity index (χ2v) is 6.37. The number of halogens is 1. The van der Waals surface area contributed by atoms with Crippen molar-refractivity contribution in [1.29, 1.82) is 0 Å². The van der Waals surface area contributed by atoms with Gasteiger partial charge in [0.2, 0.25) is 0 Å². The topological polar surface area (TPSA) is 36.9 Å². The molecule has 0 bridgehead atoms. The molecule has 1 aromatic rings. The highest BCUT2D eigenvalue weighted by Gasteiger charge is 2.30. The van der Waals surface area contributed by atoms with E-state index < -0.39 is 0 Å². The maximum absolute atomic E-state index is 5.39. The van der Waals surface area contributed by atoms with E-state index in [1.165, 1.54) is 12.0 Å². The van der Waals surface area contributed by atoms with E-state index in [-0.39, 0.29) is 24.0 Å². The lowest BCUT2D eigenvalue weighted by Gasteiger charge is -2.23. The normalized spacial score (nSPS) is 17.1. The Balaban J connectivity index is 0.00000242. The van der Waals surface area contributed by atoms with Gasteiger partial charge in [-0.1, -0.05) is 32.0 Å². The zero-order valence-electron chi connectivity index (χ0n) is 14.1. The predicted octanol–water partition coefficient (Wildman–Crippen LogP) is 3.16. The maximum Gasteiger partial charge on any atom is 0.193 e. The van der Waals surface area contributed by atoms with Crippen molar-refractivity contribution >= 4 is 29.9 Å². The molecule has 124 valence electrons. The average Bonchev–Trinajstić information content (AvgIpc) is 2.84. The monoisotopic (exact) mass is 417 g/mol. The number of hydrogen-bond acceptors (Lipinski definition) is 2. The third-order valence-corrected chi connectivity index (χ3v) is 4.06. The molecule has 4 nitrogen and oxygen atoms in total. The molecule has 0 unspecified atom stereocenters. The first-order chi connectivity index (χ1) is 10.1. The van der Waals surface area contributed by atoms with E-state index in [9.17, 15) is 0 Å². The standard InChI is InChI=1S/C17H27N3O.HI/c1-17(2)10-12-20(13-17)16(18-3)19-11-9-14-7-5-6-8-15(14)21-4;/h5-8H,9-13H2,1-4H3,(H,18,19);1H. The molecule has 2 rings (SSSR count). The van der Waals surface area contributed by atoms with Crippen molar-refractivity contribution in [3.8, 4) is 5.75 Å². The second-order valence-electron chi connectivity index (χ2n) is 6.37. The number of methoxy groups -OCH3 is 1. The summed E-state index contributed by atoms with van der Waals surface area (Å²) in [6.45, 7) is 7.65. The summed E-state index contributed by atoms with van der Waals surface area (Å²) in [5, 5.41) is 3.47. The van der Waals surface area contributed by atoms with Crippen LogP contribution in [0.15, 0.2) is 29.3 Å². The van der Waals surface area contributed by atoms with Crippen molar-refractivity contribution in [3.63, 3.8) is 0 Å². The third-order valence-electron chi connectivity index (χ3n) is 4.06. The minimum Gasteiger partial charge on any atom is -0.496 e. The summed E-state index contributed by atoms with van der Waals surface area (Å²) in [5.74, 6) is 1.96. The molecule has 5 heteroatoms. The molecule has 1 heterocycles. The van der Waals surface area contributed by atoms with Crippen LogP contribution in [0.5, 0.6) is 5.75 Å². The van der Waals surface area contributed by atoms with Crippen molar-refractivity contribution in [2.24, 2.45) is 10.4 Å². The van der Waals surface area contributed by atoms with Gasteiger partial charge in [-0.2, -0.15) is 0 Å². The summed E-state index contributed by atoms with van der Waals surface area (Å²) in [5.41, 5.74) is 1.62. The van der Waals surface area contributed by atoms with Crippen LogP contribution in [0.2, 0.25) is 0 Å². The number of aliphatic imine (C=N–C) groups is 1. The summed E-state index contributed by atoms with van der Waals surface area (Å²) in [6.07, 6.45) is 2.15. The fourth-order valence-corrected chi connectivity index (χ4v) is 2.84. The predicted molar refractivity (Wildman–Crippen MR) is 103 cm³/mol. The van der Waals surface area contributed by atoms with Crippen LogP contribution >= 0.6 is 24.0 Å². The van der Waals surface area contributed by atoms with Gasteiger partial charge >= 0.3 is 0 Å². The summed E-state index contributed by atoms with van der Waals surface area (Å²) in [7, 11) is 3.58. The Morgan fingerprint density at radius 2 is 2.09 bits per heavy atom. The fraction of sp³-hybridized carbons (Fsp3) is 0.588. The Kier molecular flexibility index (Phi) is 7.45. The van der Waals surface area contributed by atoms with Gasteiger partial charge in [0.05, 0.1) is 7.11 Å². The average molecular weight is 417 g/mol. The highest BCUT2D eigenvalue weighted by molar-refractivity contribution is 14.0. The van der Waals surface area contributed by atoms with E-state index in [2.05, 4.69) is 41.2 Å². The van der Waals surface area contributed by atoms with Crippen molar-refractivity contribution in [2.75, 3.05) is 33.8 Å². The molecule has 1 fully saturated rings. The van der Waals surface area contributed by atoms with Crippen LogP contribution < -0.4 is 10.1 Å². The van der Waals surface area contributed by atoms with Gasteiger partial charge in [0.25, 0.3) is 0 Å². The van der Waals surface area contributed by atoms with E-state index in [4.69, 9.17) is 4.74 Å². The number of guanidine groups is 1. The summed E-state index contributed by atoms with van der Waals surface area (Å²) >= 11 is 0. The Hall–Kier alpha value is -0.980. The smallest absolute Gasteiger partial charge is 0.193 e. The van der Waals surface area contributed by atoms with Crippen molar-refractivity contribution in [1.82, 2.24) is 10.2 Å². The fourth-order valence-electron chi connectivity index (χ4n) is 2.84. The first kappa shape index (κ1) is 19.1. The number of nitrogens with one attached hydrogen (secondary N) is 1. The Bertz CT molecular complexity index is 502. The molecule has 1 N–H and O–H groups in total. The van der Waals surface area contributed by atoms with E-state index in [0.29, 0.717) is 5.41 Å². The Morgan fingerprint density at radius 1 is 1.36 bits per heavy atom. The van der Waals surface area contributed by atoms with Crippen molar-refractivity contribution in [2.45, 2.75) is 26.7 Å². The molecule has 0 spiro atoms.